The number of halogens is 4. The Morgan fingerprint density at radius 2 is 1.68 bits per heavy atom. The fourth-order valence-electron chi connectivity index (χ4n) is 3.28. The van der Waals surface area contributed by atoms with E-state index < -0.39 is 16.2 Å². The Balaban J connectivity index is 1.48. The van der Waals surface area contributed by atoms with E-state index in [0.29, 0.717) is 26.9 Å². The fraction of sp³-hybridized carbons (Fsp3) is 0.300. The SMILES string of the molecule is O=C(NC1CC1)c1cccc(NC(=O)C2C(c3cc(Cl)cc(Cl)c3)C2(Cl)Cl)c1. The van der Waals surface area contributed by atoms with Crippen LogP contribution >= 0.6 is 46.4 Å². The molecule has 146 valence electrons. The van der Waals surface area contributed by atoms with Gasteiger partial charge in [0.25, 0.3) is 5.91 Å². The van der Waals surface area contributed by atoms with Gasteiger partial charge in [-0.2, -0.15) is 0 Å². The van der Waals surface area contributed by atoms with Gasteiger partial charge in [0.05, 0.1) is 5.92 Å². The van der Waals surface area contributed by atoms with E-state index in [9.17, 15) is 9.59 Å². The van der Waals surface area contributed by atoms with E-state index in [0.717, 1.165) is 12.8 Å². The zero-order chi connectivity index (χ0) is 20.1. The Hall–Kier alpha value is -1.46. The molecule has 4 rings (SSSR count). The predicted octanol–water partition coefficient (Wildman–Crippen LogP) is 5.41. The molecule has 2 unspecified atom stereocenters. The van der Waals surface area contributed by atoms with Gasteiger partial charge in [-0.15, -0.1) is 23.2 Å². The maximum Gasteiger partial charge on any atom is 0.251 e. The largest absolute Gasteiger partial charge is 0.349 e. The lowest BCUT2D eigenvalue weighted by molar-refractivity contribution is -0.117. The number of carbonyl (C=O) groups is 2. The molecule has 0 aromatic heterocycles. The molecular formula is C20H16Cl4N2O2. The number of carbonyl (C=O) groups excluding carboxylic acids is 2. The van der Waals surface area contributed by atoms with Gasteiger partial charge in [0.15, 0.2) is 0 Å². The maximum atomic E-state index is 12.8. The smallest absolute Gasteiger partial charge is 0.251 e. The topological polar surface area (TPSA) is 58.2 Å². The second-order valence-corrected chi connectivity index (χ2v) is 9.47. The van der Waals surface area contributed by atoms with Crippen LogP contribution in [0.4, 0.5) is 5.69 Å². The third-order valence-corrected chi connectivity index (χ3v) is 6.26. The summed E-state index contributed by atoms with van der Waals surface area (Å²) in [7, 11) is 0. The number of rotatable bonds is 5. The number of alkyl halides is 2. The Bertz CT molecular complexity index is 939. The minimum absolute atomic E-state index is 0.152. The zero-order valence-electron chi connectivity index (χ0n) is 14.5. The van der Waals surface area contributed by atoms with Gasteiger partial charge in [0.2, 0.25) is 5.91 Å². The van der Waals surface area contributed by atoms with Crippen LogP contribution in [-0.2, 0) is 4.79 Å². The van der Waals surface area contributed by atoms with E-state index in [1.807, 2.05) is 0 Å². The molecule has 0 bridgehead atoms. The quantitative estimate of drug-likeness (QED) is 0.589. The summed E-state index contributed by atoms with van der Waals surface area (Å²) in [5, 5.41) is 6.62. The van der Waals surface area contributed by atoms with Gasteiger partial charge >= 0.3 is 0 Å². The van der Waals surface area contributed by atoms with E-state index in [1.165, 1.54) is 0 Å². The van der Waals surface area contributed by atoms with Crippen molar-refractivity contribution in [3.8, 4) is 0 Å². The van der Waals surface area contributed by atoms with Gasteiger partial charge in [-0.05, 0) is 54.8 Å². The third-order valence-electron chi connectivity index (χ3n) is 4.88. The minimum atomic E-state index is -1.25. The maximum absolute atomic E-state index is 12.8. The van der Waals surface area contributed by atoms with Gasteiger partial charge in [-0.3, -0.25) is 9.59 Å². The Morgan fingerprint density at radius 1 is 1.00 bits per heavy atom. The van der Waals surface area contributed by atoms with E-state index in [4.69, 9.17) is 46.4 Å². The van der Waals surface area contributed by atoms with Crippen molar-refractivity contribution in [1.82, 2.24) is 5.32 Å². The van der Waals surface area contributed by atoms with Crippen molar-refractivity contribution >= 4 is 63.9 Å². The van der Waals surface area contributed by atoms with Crippen molar-refractivity contribution < 1.29 is 9.59 Å². The first-order valence-electron chi connectivity index (χ1n) is 8.81. The van der Waals surface area contributed by atoms with Crippen molar-refractivity contribution in [3.63, 3.8) is 0 Å². The fourth-order valence-corrected chi connectivity index (χ4v) is 4.65. The number of hydrogen-bond donors (Lipinski definition) is 2. The highest BCUT2D eigenvalue weighted by atomic mass is 35.5. The standard InChI is InChI=1S/C20H16Cl4N2O2/c21-12-6-11(7-13(22)9-12)16-17(20(16,23)24)19(28)26-15-3-1-2-10(8-15)18(27)25-14-4-5-14/h1-3,6-9,14,16-17H,4-5H2,(H,25,27)(H,26,28). The Labute approximate surface area is 182 Å². The highest BCUT2D eigenvalue weighted by molar-refractivity contribution is 6.53. The van der Waals surface area contributed by atoms with Gasteiger partial charge in [0, 0.05) is 33.3 Å². The van der Waals surface area contributed by atoms with Crippen LogP contribution in [0.25, 0.3) is 0 Å². The van der Waals surface area contributed by atoms with Crippen molar-refractivity contribution in [3.05, 3.63) is 63.6 Å². The van der Waals surface area contributed by atoms with Gasteiger partial charge < -0.3 is 10.6 Å². The van der Waals surface area contributed by atoms with Gasteiger partial charge in [-0.1, -0.05) is 29.3 Å². The van der Waals surface area contributed by atoms with Gasteiger partial charge in [-0.25, -0.2) is 0 Å². The summed E-state index contributed by atoms with van der Waals surface area (Å²) in [6, 6.07) is 12.0. The Kier molecular flexibility index (Phi) is 5.25. The van der Waals surface area contributed by atoms with E-state index in [1.54, 1.807) is 42.5 Å². The summed E-state index contributed by atoms with van der Waals surface area (Å²) in [6.45, 7) is 0. The highest BCUT2D eigenvalue weighted by Gasteiger charge is 2.67. The number of amides is 2. The van der Waals surface area contributed by atoms with Crippen LogP contribution in [-0.4, -0.2) is 22.2 Å². The first-order chi connectivity index (χ1) is 13.3. The molecule has 4 nitrogen and oxygen atoms in total. The summed E-state index contributed by atoms with van der Waals surface area (Å²) < 4.78 is -1.25. The molecule has 28 heavy (non-hydrogen) atoms. The number of hydrogen-bond acceptors (Lipinski definition) is 2. The molecule has 0 spiro atoms. The second kappa shape index (κ2) is 7.42. The molecule has 2 fully saturated rings. The van der Waals surface area contributed by atoms with Crippen molar-refractivity contribution in [2.45, 2.75) is 29.1 Å². The highest BCUT2D eigenvalue weighted by Crippen LogP contribution is 2.65. The normalized spacial score (nSPS) is 22.4. The average molecular weight is 458 g/mol. The lowest BCUT2D eigenvalue weighted by Gasteiger charge is -2.08. The Morgan fingerprint density at radius 3 is 2.32 bits per heavy atom. The molecule has 2 aromatic rings. The molecule has 0 aliphatic heterocycles. The minimum Gasteiger partial charge on any atom is -0.349 e. The van der Waals surface area contributed by atoms with Gasteiger partial charge in [0.1, 0.15) is 4.33 Å². The van der Waals surface area contributed by atoms with Crippen LogP contribution in [0.1, 0.15) is 34.7 Å². The van der Waals surface area contributed by atoms with Crippen LogP contribution in [0.15, 0.2) is 42.5 Å². The predicted molar refractivity (Wildman–Crippen MR) is 113 cm³/mol. The van der Waals surface area contributed by atoms with Crippen LogP contribution in [0.5, 0.6) is 0 Å². The van der Waals surface area contributed by atoms with Crippen LogP contribution in [0.3, 0.4) is 0 Å². The lowest BCUT2D eigenvalue weighted by atomic mass is 10.1. The molecule has 2 aromatic carbocycles. The zero-order valence-corrected chi connectivity index (χ0v) is 17.5. The van der Waals surface area contributed by atoms with E-state index >= 15 is 0 Å². The first kappa shape index (κ1) is 19.8. The molecule has 2 aliphatic carbocycles. The molecule has 8 heteroatoms. The summed E-state index contributed by atoms with van der Waals surface area (Å²) in [5.74, 6) is -1.56. The lowest BCUT2D eigenvalue weighted by Crippen LogP contribution is -2.25. The molecule has 2 aliphatic rings. The molecule has 2 N–H and O–H groups in total. The molecule has 2 atom stereocenters. The number of nitrogens with one attached hydrogen (secondary N) is 2. The van der Waals surface area contributed by atoms with E-state index in [-0.39, 0.29) is 17.9 Å². The molecule has 2 saturated carbocycles. The first-order valence-corrected chi connectivity index (χ1v) is 10.3. The van der Waals surface area contributed by atoms with Crippen LogP contribution < -0.4 is 10.6 Å². The second-order valence-electron chi connectivity index (χ2n) is 7.15. The van der Waals surface area contributed by atoms with Crippen molar-refractivity contribution in [1.29, 1.82) is 0 Å². The molecular weight excluding hydrogens is 442 g/mol. The summed E-state index contributed by atoms with van der Waals surface area (Å²) in [4.78, 5) is 25.0. The van der Waals surface area contributed by atoms with Crippen molar-refractivity contribution in [2.24, 2.45) is 5.92 Å². The van der Waals surface area contributed by atoms with E-state index in [2.05, 4.69) is 10.6 Å². The summed E-state index contributed by atoms with van der Waals surface area (Å²) in [5.41, 5.74) is 1.70. The molecule has 2 amide bonds. The molecule has 0 radical (unpaired) electrons. The van der Waals surface area contributed by atoms with Crippen LogP contribution in [0.2, 0.25) is 10.0 Å². The average Bonchev–Trinajstić information content (AvgIpc) is 3.51. The molecule has 0 heterocycles. The molecule has 0 saturated heterocycles. The monoisotopic (exact) mass is 456 g/mol. The van der Waals surface area contributed by atoms with Crippen LogP contribution in [0, 0.1) is 5.92 Å². The van der Waals surface area contributed by atoms with Crippen molar-refractivity contribution in [2.75, 3.05) is 5.32 Å². The number of anilines is 1. The number of benzene rings is 2. The summed E-state index contributed by atoms with van der Waals surface area (Å²) >= 11 is 24.8. The summed E-state index contributed by atoms with van der Waals surface area (Å²) in [6.07, 6.45) is 2.01. The third kappa shape index (κ3) is 4.11.